The maximum Gasteiger partial charge on any atom is 0.226 e. The van der Waals surface area contributed by atoms with Crippen molar-refractivity contribution in [3.63, 3.8) is 0 Å². The number of aromatic nitrogens is 2. The molecule has 2 N–H and O–H groups in total. The first-order chi connectivity index (χ1) is 11.3. The van der Waals surface area contributed by atoms with E-state index < -0.39 is 0 Å². The zero-order valence-corrected chi connectivity index (χ0v) is 13.5. The molecule has 0 saturated heterocycles. The van der Waals surface area contributed by atoms with Gasteiger partial charge in [0.25, 0.3) is 0 Å². The molecular formula is C17H19N3O2S. The molecule has 0 aliphatic heterocycles. The van der Waals surface area contributed by atoms with Crippen molar-refractivity contribution in [2.24, 2.45) is 0 Å². The van der Waals surface area contributed by atoms with Crippen LogP contribution in [-0.4, -0.2) is 33.6 Å². The van der Waals surface area contributed by atoms with Crippen molar-refractivity contribution in [1.82, 2.24) is 14.7 Å². The molecule has 0 spiro atoms. The molecule has 0 fully saturated rings. The maximum atomic E-state index is 12.1. The van der Waals surface area contributed by atoms with E-state index in [4.69, 9.17) is 0 Å². The van der Waals surface area contributed by atoms with Crippen molar-refractivity contribution in [2.75, 3.05) is 13.2 Å². The number of hydrogen-bond acceptors (Lipinski definition) is 4. The van der Waals surface area contributed by atoms with Crippen molar-refractivity contribution < 1.29 is 9.90 Å². The van der Waals surface area contributed by atoms with Gasteiger partial charge in [-0.1, -0.05) is 30.3 Å². The van der Waals surface area contributed by atoms with Crippen LogP contribution >= 0.6 is 11.3 Å². The van der Waals surface area contributed by atoms with Crippen LogP contribution in [0.1, 0.15) is 23.6 Å². The van der Waals surface area contributed by atoms with Gasteiger partial charge in [-0.05, 0) is 12.0 Å². The van der Waals surface area contributed by atoms with Crippen LogP contribution in [0.4, 0.5) is 0 Å². The summed E-state index contributed by atoms with van der Waals surface area (Å²) >= 11 is 1.55. The minimum atomic E-state index is -0.0466. The van der Waals surface area contributed by atoms with Crippen molar-refractivity contribution in [2.45, 2.75) is 18.8 Å². The minimum absolute atomic E-state index is 0.0466. The summed E-state index contributed by atoms with van der Waals surface area (Å²) in [5, 5.41) is 14.2. The summed E-state index contributed by atoms with van der Waals surface area (Å²) in [6, 6.07) is 9.95. The molecule has 3 aromatic rings. The summed E-state index contributed by atoms with van der Waals surface area (Å²) in [5.41, 5.74) is 1.90. The van der Waals surface area contributed by atoms with Crippen LogP contribution in [0.5, 0.6) is 0 Å². The van der Waals surface area contributed by atoms with Gasteiger partial charge in [-0.25, -0.2) is 4.98 Å². The molecule has 0 radical (unpaired) electrons. The number of carbonyl (C=O) groups is 1. The van der Waals surface area contributed by atoms with E-state index in [1.165, 1.54) is 0 Å². The molecular weight excluding hydrogens is 310 g/mol. The third-order valence-corrected chi connectivity index (χ3v) is 4.55. The lowest BCUT2D eigenvalue weighted by molar-refractivity contribution is -0.120. The number of nitrogens with zero attached hydrogens (tertiary/aromatic N) is 2. The summed E-state index contributed by atoms with van der Waals surface area (Å²) in [6.45, 7) is 0.623. The fourth-order valence-corrected chi connectivity index (χ4v) is 3.31. The van der Waals surface area contributed by atoms with Crippen LogP contribution in [0.3, 0.4) is 0 Å². The van der Waals surface area contributed by atoms with Gasteiger partial charge in [-0.2, -0.15) is 0 Å². The van der Waals surface area contributed by atoms with Crippen LogP contribution in [0.25, 0.3) is 4.96 Å². The summed E-state index contributed by atoms with van der Waals surface area (Å²) in [6.07, 6.45) is 4.72. The number of amides is 1. The summed E-state index contributed by atoms with van der Waals surface area (Å²) in [7, 11) is 0. The van der Waals surface area contributed by atoms with E-state index in [1.54, 1.807) is 11.3 Å². The molecule has 0 bridgehead atoms. The van der Waals surface area contributed by atoms with E-state index in [2.05, 4.69) is 10.3 Å². The second kappa shape index (κ2) is 7.39. The van der Waals surface area contributed by atoms with Gasteiger partial charge in [-0.3, -0.25) is 9.20 Å². The lowest BCUT2D eigenvalue weighted by Crippen LogP contribution is -2.30. The Bertz CT molecular complexity index is 738. The first-order valence-corrected chi connectivity index (χ1v) is 8.48. The average Bonchev–Trinajstić information content (AvgIpc) is 3.13. The maximum absolute atomic E-state index is 12.1. The normalized spacial score (nSPS) is 12.4. The quantitative estimate of drug-likeness (QED) is 0.698. The number of aliphatic hydroxyl groups is 1. The Kier molecular flexibility index (Phi) is 5.05. The second-order valence-corrected chi connectivity index (χ2v) is 6.30. The van der Waals surface area contributed by atoms with Gasteiger partial charge in [-0.15, -0.1) is 11.3 Å². The zero-order valence-electron chi connectivity index (χ0n) is 12.7. The molecule has 1 atom stereocenters. The van der Waals surface area contributed by atoms with Gasteiger partial charge in [0.05, 0.1) is 12.1 Å². The zero-order chi connectivity index (χ0) is 16.1. The van der Waals surface area contributed by atoms with Crippen LogP contribution in [0.2, 0.25) is 0 Å². The van der Waals surface area contributed by atoms with Gasteiger partial charge in [0.1, 0.15) is 0 Å². The predicted molar refractivity (Wildman–Crippen MR) is 90.7 cm³/mol. The number of nitrogens with one attached hydrogen (secondary N) is 1. The Morgan fingerprint density at radius 1 is 1.35 bits per heavy atom. The Balaban J connectivity index is 1.57. The molecule has 23 heavy (non-hydrogen) atoms. The molecule has 0 saturated carbocycles. The summed E-state index contributed by atoms with van der Waals surface area (Å²) in [4.78, 5) is 17.4. The first kappa shape index (κ1) is 15.7. The van der Waals surface area contributed by atoms with Crippen LogP contribution in [0.15, 0.2) is 48.1 Å². The Morgan fingerprint density at radius 3 is 2.91 bits per heavy atom. The van der Waals surface area contributed by atoms with Gasteiger partial charge in [0.15, 0.2) is 4.96 Å². The number of fused-ring (bicyclic) bond motifs is 1. The fourth-order valence-electron chi connectivity index (χ4n) is 2.59. The molecule has 0 aliphatic carbocycles. The highest BCUT2D eigenvalue weighted by molar-refractivity contribution is 7.15. The molecule has 6 heteroatoms. The second-order valence-electron chi connectivity index (χ2n) is 5.43. The van der Waals surface area contributed by atoms with Crippen molar-refractivity contribution >= 4 is 22.2 Å². The van der Waals surface area contributed by atoms with E-state index in [0.717, 1.165) is 16.2 Å². The third-order valence-electron chi connectivity index (χ3n) is 3.78. The highest BCUT2D eigenvalue weighted by Gasteiger charge is 2.13. The SMILES string of the molecule is O=C(Cc1cn2ccsc2n1)NCC(CCO)c1ccccc1. The lowest BCUT2D eigenvalue weighted by atomic mass is 9.96. The molecule has 2 heterocycles. The molecule has 1 unspecified atom stereocenters. The lowest BCUT2D eigenvalue weighted by Gasteiger charge is -2.17. The van der Waals surface area contributed by atoms with Gasteiger partial charge >= 0.3 is 0 Å². The van der Waals surface area contributed by atoms with Gasteiger partial charge in [0, 0.05) is 36.8 Å². The Hall–Kier alpha value is -2.18. The number of thiazole rings is 1. The minimum Gasteiger partial charge on any atom is -0.396 e. The smallest absolute Gasteiger partial charge is 0.226 e. The fraction of sp³-hybridized carbons (Fsp3) is 0.294. The van der Waals surface area contributed by atoms with Gasteiger partial charge in [0.2, 0.25) is 5.91 Å². The monoisotopic (exact) mass is 329 g/mol. The van der Waals surface area contributed by atoms with Crippen molar-refractivity contribution in [1.29, 1.82) is 0 Å². The highest BCUT2D eigenvalue weighted by atomic mass is 32.1. The number of aliphatic hydroxyl groups excluding tert-OH is 1. The van der Waals surface area contributed by atoms with E-state index >= 15 is 0 Å². The number of imidazole rings is 1. The molecule has 1 amide bonds. The first-order valence-electron chi connectivity index (χ1n) is 7.60. The molecule has 5 nitrogen and oxygen atoms in total. The largest absolute Gasteiger partial charge is 0.396 e. The van der Waals surface area contributed by atoms with E-state index in [9.17, 15) is 9.90 Å². The molecule has 120 valence electrons. The van der Waals surface area contributed by atoms with E-state index in [-0.39, 0.29) is 24.9 Å². The van der Waals surface area contributed by atoms with E-state index in [0.29, 0.717) is 13.0 Å². The number of rotatable bonds is 7. The number of carbonyl (C=O) groups excluding carboxylic acids is 1. The standard InChI is InChI=1S/C17H19N3O2S/c21-8-6-14(13-4-2-1-3-5-13)11-18-16(22)10-15-12-20-7-9-23-17(20)19-15/h1-5,7,9,12,14,21H,6,8,10-11H2,(H,18,22). The third kappa shape index (κ3) is 3.97. The average molecular weight is 329 g/mol. The topological polar surface area (TPSA) is 66.6 Å². The number of hydrogen-bond donors (Lipinski definition) is 2. The van der Waals surface area contributed by atoms with Crippen LogP contribution in [-0.2, 0) is 11.2 Å². The molecule has 3 rings (SSSR count). The molecule has 1 aromatic carbocycles. The molecule has 2 aromatic heterocycles. The van der Waals surface area contributed by atoms with Gasteiger partial charge < -0.3 is 10.4 Å². The highest BCUT2D eigenvalue weighted by Crippen LogP contribution is 2.18. The summed E-state index contributed by atoms with van der Waals surface area (Å²) < 4.78 is 1.92. The van der Waals surface area contributed by atoms with Crippen molar-refractivity contribution in [3.05, 3.63) is 59.4 Å². The number of benzene rings is 1. The Labute approximate surface area is 138 Å². The van der Waals surface area contributed by atoms with Crippen LogP contribution < -0.4 is 5.32 Å². The predicted octanol–water partition coefficient (Wildman–Crippen LogP) is 2.22. The Morgan fingerprint density at radius 2 is 2.17 bits per heavy atom. The molecule has 0 aliphatic rings. The van der Waals surface area contributed by atoms with E-state index in [1.807, 2.05) is 52.5 Å². The van der Waals surface area contributed by atoms with Crippen LogP contribution in [0, 0.1) is 0 Å². The van der Waals surface area contributed by atoms with Crippen molar-refractivity contribution in [3.8, 4) is 0 Å². The summed E-state index contributed by atoms with van der Waals surface area (Å²) in [5.74, 6) is 0.0743.